The van der Waals surface area contributed by atoms with E-state index in [1.807, 2.05) is 83.3 Å². The Labute approximate surface area is 203 Å². The largest absolute Gasteiger partial charge is 0.396 e. The number of rotatable bonds is 4. The average molecular weight is 473 g/mol. The van der Waals surface area contributed by atoms with Crippen LogP contribution in [-0.4, -0.2) is 46.5 Å². The standard InChI is InChI=1S/C22H28N4O2S.2C2H6/c1-13-20(22(27)18(28-13)12-29-2)26(24)21-15-8-4-3-7-14(15)11-25-17-10-6-5-9-16(17)19(21)23;2*1-2/h3-10,13,18,20,22,25,27H,11-12,23-24H2,1-2H3;2*1-2H3/b21-19-;;. The molecule has 4 atom stereocenters. The molecule has 6 nitrogen and oxygen atoms in total. The van der Waals surface area contributed by atoms with Crippen LogP contribution in [0.1, 0.15) is 51.3 Å². The van der Waals surface area contributed by atoms with Gasteiger partial charge in [0.1, 0.15) is 6.10 Å². The van der Waals surface area contributed by atoms with Crippen LogP contribution in [0, 0.1) is 0 Å². The minimum Gasteiger partial charge on any atom is -0.396 e. The molecule has 33 heavy (non-hydrogen) atoms. The van der Waals surface area contributed by atoms with Gasteiger partial charge >= 0.3 is 0 Å². The molecule has 2 aromatic rings. The SMILES string of the molecule is CC.CC.CSCC1OC(C)C(N(N)/C2=C(\N)c3ccccc3NCc3ccccc32)C1O. The Morgan fingerprint density at radius 2 is 1.67 bits per heavy atom. The van der Waals surface area contributed by atoms with Gasteiger partial charge in [0.15, 0.2) is 0 Å². The predicted molar refractivity (Wildman–Crippen MR) is 142 cm³/mol. The summed E-state index contributed by atoms with van der Waals surface area (Å²) in [5.41, 5.74) is 11.9. The van der Waals surface area contributed by atoms with Crippen molar-refractivity contribution in [1.29, 1.82) is 0 Å². The molecule has 0 amide bonds. The van der Waals surface area contributed by atoms with E-state index >= 15 is 0 Å². The smallest absolute Gasteiger partial charge is 0.105 e. The van der Waals surface area contributed by atoms with E-state index in [0.29, 0.717) is 18.0 Å². The molecule has 0 aliphatic carbocycles. The average Bonchev–Trinajstić information content (AvgIpc) is 3.13. The van der Waals surface area contributed by atoms with Crippen molar-refractivity contribution in [1.82, 2.24) is 5.01 Å². The lowest BCUT2D eigenvalue weighted by atomic mass is 9.95. The molecule has 2 aliphatic heterocycles. The van der Waals surface area contributed by atoms with Gasteiger partial charge in [0.05, 0.1) is 29.6 Å². The number of nitrogens with two attached hydrogens (primary N) is 2. The Balaban J connectivity index is 0.000000914. The first-order valence-corrected chi connectivity index (χ1v) is 13.2. The highest BCUT2D eigenvalue weighted by Crippen LogP contribution is 2.37. The second-order valence-electron chi connectivity index (χ2n) is 7.54. The van der Waals surface area contributed by atoms with Gasteiger partial charge in [-0.1, -0.05) is 70.2 Å². The zero-order chi connectivity index (χ0) is 24.5. The van der Waals surface area contributed by atoms with E-state index in [0.717, 1.165) is 28.1 Å². The third-order valence-corrected chi connectivity index (χ3v) is 6.39. The van der Waals surface area contributed by atoms with E-state index in [1.54, 1.807) is 16.8 Å². The molecule has 7 heteroatoms. The summed E-state index contributed by atoms with van der Waals surface area (Å²) in [4.78, 5) is 0. The van der Waals surface area contributed by atoms with Gasteiger partial charge in [-0.15, -0.1) is 0 Å². The number of nitrogens with zero attached hydrogens (tertiary/aromatic N) is 1. The van der Waals surface area contributed by atoms with Gasteiger partial charge in [-0.25, -0.2) is 5.84 Å². The number of hydrogen-bond acceptors (Lipinski definition) is 7. The van der Waals surface area contributed by atoms with Crippen LogP contribution >= 0.6 is 11.8 Å². The first kappa shape index (κ1) is 27.1. The number of thioether (sulfide) groups is 1. The lowest BCUT2D eigenvalue weighted by molar-refractivity contribution is 0.0318. The molecule has 0 saturated carbocycles. The summed E-state index contributed by atoms with van der Waals surface area (Å²) in [5.74, 6) is 7.42. The van der Waals surface area contributed by atoms with Gasteiger partial charge in [-0.2, -0.15) is 11.8 Å². The number of nitrogens with one attached hydrogen (secondary N) is 1. The van der Waals surface area contributed by atoms with Crippen LogP contribution < -0.4 is 16.9 Å². The summed E-state index contributed by atoms with van der Waals surface area (Å²) >= 11 is 1.65. The second kappa shape index (κ2) is 12.9. The molecule has 2 heterocycles. The number of aliphatic hydroxyl groups is 1. The van der Waals surface area contributed by atoms with E-state index in [2.05, 4.69) is 11.4 Å². The molecule has 6 N–H and O–H groups in total. The lowest BCUT2D eigenvalue weighted by Crippen LogP contribution is -2.50. The highest BCUT2D eigenvalue weighted by Gasteiger charge is 2.45. The summed E-state index contributed by atoms with van der Waals surface area (Å²) in [6.07, 6.45) is 0.826. The van der Waals surface area contributed by atoms with E-state index in [-0.39, 0.29) is 12.2 Å². The molecule has 2 aromatic carbocycles. The minimum atomic E-state index is -0.700. The fraction of sp³-hybridized carbons (Fsp3) is 0.462. The van der Waals surface area contributed by atoms with Crippen molar-refractivity contribution in [2.45, 2.75) is 65.5 Å². The van der Waals surface area contributed by atoms with Crippen LogP contribution in [-0.2, 0) is 11.3 Å². The molecular formula is C26H40N4O2S. The van der Waals surface area contributed by atoms with Crippen molar-refractivity contribution < 1.29 is 9.84 Å². The van der Waals surface area contributed by atoms with E-state index < -0.39 is 12.1 Å². The number of para-hydroxylation sites is 1. The number of hydrazine groups is 1. The van der Waals surface area contributed by atoms with Gasteiger partial charge in [-0.3, -0.25) is 5.01 Å². The molecule has 0 radical (unpaired) electrons. The summed E-state index contributed by atoms with van der Waals surface area (Å²) in [6.45, 7) is 10.6. The molecular weight excluding hydrogens is 432 g/mol. The van der Waals surface area contributed by atoms with Crippen molar-refractivity contribution in [3.63, 3.8) is 0 Å². The van der Waals surface area contributed by atoms with Crippen LogP contribution in [0.4, 0.5) is 5.69 Å². The van der Waals surface area contributed by atoms with Crippen molar-refractivity contribution in [3.05, 3.63) is 65.2 Å². The van der Waals surface area contributed by atoms with Crippen molar-refractivity contribution in [2.75, 3.05) is 17.3 Å². The van der Waals surface area contributed by atoms with Crippen LogP contribution in [0.5, 0.6) is 0 Å². The maximum Gasteiger partial charge on any atom is 0.105 e. The Kier molecular flexibility index (Phi) is 10.6. The molecule has 0 spiro atoms. The topological polar surface area (TPSA) is 96.8 Å². The first-order valence-electron chi connectivity index (χ1n) is 11.8. The Bertz CT molecular complexity index is 921. The Morgan fingerprint density at radius 3 is 2.33 bits per heavy atom. The van der Waals surface area contributed by atoms with E-state index in [9.17, 15) is 5.11 Å². The number of anilines is 1. The molecule has 182 valence electrons. The van der Waals surface area contributed by atoms with Gasteiger partial charge in [0.25, 0.3) is 0 Å². The third kappa shape index (κ3) is 5.66. The molecule has 0 aromatic heterocycles. The van der Waals surface area contributed by atoms with Crippen LogP contribution in [0.2, 0.25) is 0 Å². The number of benzene rings is 2. The minimum absolute atomic E-state index is 0.224. The fourth-order valence-corrected chi connectivity index (χ4v) is 4.90. The van der Waals surface area contributed by atoms with E-state index in [4.69, 9.17) is 16.3 Å². The number of fused-ring (bicyclic) bond motifs is 2. The normalized spacial score (nSPS) is 25.6. The van der Waals surface area contributed by atoms with Crippen LogP contribution in [0.15, 0.2) is 48.5 Å². The van der Waals surface area contributed by atoms with Gasteiger partial charge in [0.2, 0.25) is 0 Å². The number of hydrogen-bond donors (Lipinski definition) is 4. The predicted octanol–water partition coefficient (Wildman–Crippen LogP) is 4.50. The Hall–Kier alpha value is -2.19. The molecule has 4 unspecified atom stereocenters. The van der Waals surface area contributed by atoms with Crippen molar-refractivity contribution >= 4 is 28.8 Å². The summed E-state index contributed by atoms with van der Waals surface area (Å²) < 4.78 is 6.02. The highest BCUT2D eigenvalue weighted by molar-refractivity contribution is 7.98. The molecule has 4 rings (SSSR count). The van der Waals surface area contributed by atoms with Gasteiger partial charge < -0.3 is 20.9 Å². The zero-order valence-electron chi connectivity index (χ0n) is 20.7. The lowest BCUT2D eigenvalue weighted by Gasteiger charge is -2.35. The quantitative estimate of drug-likeness (QED) is 0.384. The van der Waals surface area contributed by atoms with Gasteiger partial charge in [-0.05, 0) is 24.8 Å². The summed E-state index contributed by atoms with van der Waals surface area (Å²) in [5, 5.41) is 16.1. The fourth-order valence-electron chi connectivity index (χ4n) is 4.30. The third-order valence-electron chi connectivity index (χ3n) is 5.73. The molecule has 1 fully saturated rings. The van der Waals surface area contributed by atoms with Crippen molar-refractivity contribution in [3.8, 4) is 0 Å². The maximum atomic E-state index is 11.0. The maximum absolute atomic E-state index is 11.0. The van der Waals surface area contributed by atoms with Gasteiger partial charge in [0, 0.05) is 29.1 Å². The molecule has 2 aliphatic rings. The summed E-state index contributed by atoms with van der Waals surface area (Å²) in [6, 6.07) is 15.6. The highest BCUT2D eigenvalue weighted by atomic mass is 32.2. The zero-order valence-corrected chi connectivity index (χ0v) is 21.5. The Morgan fingerprint density at radius 1 is 1.06 bits per heavy atom. The number of ether oxygens (including phenoxy) is 1. The molecule has 1 saturated heterocycles. The van der Waals surface area contributed by atoms with E-state index in [1.165, 1.54) is 0 Å². The second-order valence-corrected chi connectivity index (χ2v) is 8.45. The monoisotopic (exact) mass is 472 g/mol. The summed E-state index contributed by atoms with van der Waals surface area (Å²) in [7, 11) is 0. The number of aliphatic hydroxyl groups excluding tert-OH is 1. The van der Waals surface area contributed by atoms with Crippen LogP contribution in [0.3, 0.4) is 0 Å². The first-order chi connectivity index (χ1) is 16.0. The van der Waals surface area contributed by atoms with Crippen molar-refractivity contribution in [2.24, 2.45) is 11.6 Å². The van der Waals surface area contributed by atoms with Crippen LogP contribution in [0.25, 0.3) is 11.4 Å². The molecule has 0 bridgehead atoms.